The number of rotatable bonds is 6. The van der Waals surface area contributed by atoms with E-state index in [0.29, 0.717) is 39.9 Å². The maximum absolute atomic E-state index is 6.22. The van der Waals surface area contributed by atoms with E-state index in [9.17, 15) is 0 Å². The van der Waals surface area contributed by atoms with Crippen molar-refractivity contribution in [1.29, 1.82) is 0 Å². The second-order valence-corrected chi connectivity index (χ2v) is 7.11. The summed E-state index contributed by atoms with van der Waals surface area (Å²) in [5, 5.41) is 3.87. The van der Waals surface area contributed by atoms with Gasteiger partial charge in [-0.1, -0.05) is 17.7 Å². The zero-order chi connectivity index (χ0) is 21.1. The number of anilines is 4. The zero-order valence-electron chi connectivity index (χ0n) is 17.0. The van der Waals surface area contributed by atoms with E-state index in [0.717, 1.165) is 25.1 Å². The van der Waals surface area contributed by atoms with Crippen LogP contribution in [0.1, 0.15) is 12.0 Å². The number of hydrogen-bond donors (Lipinski definition) is 1. The van der Waals surface area contributed by atoms with Crippen molar-refractivity contribution < 1.29 is 14.2 Å². The average Bonchev–Trinajstić information content (AvgIpc) is 2.78. The summed E-state index contributed by atoms with van der Waals surface area (Å²) in [5.41, 5.74) is 2.95. The van der Waals surface area contributed by atoms with Gasteiger partial charge in [0.05, 0.1) is 21.3 Å². The van der Waals surface area contributed by atoms with Gasteiger partial charge < -0.3 is 24.4 Å². The zero-order valence-corrected chi connectivity index (χ0v) is 17.7. The minimum atomic E-state index is 0.406. The highest BCUT2D eigenvalue weighted by atomic mass is 35.5. The van der Waals surface area contributed by atoms with Gasteiger partial charge in [0.1, 0.15) is 6.33 Å². The molecule has 2 heterocycles. The summed E-state index contributed by atoms with van der Waals surface area (Å²) < 4.78 is 16.2. The minimum absolute atomic E-state index is 0.406. The predicted molar refractivity (Wildman–Crippen MR) is 116 cm³/mol. The van der Waals surface area contributed by atoms with Crippen molar-refractivity contribution in [2.45, 2.75) is 12.8 Å². The third kappa shape index (κ3) is 3.91. The smallest absolute Gasteiger partial charge is 0.234 e. The molecule has 0 saturated carbocycles. The van der Waals surface area contributed by atoms with Gasteiger partial charge in [-0.25, -0.2) is 9.97 Å². The van der Waals surface area contributed by atoms with E-state index in [4.69, 9.17) is 25.8 Å². The van der Waals surface area contributed by atoms with Crippen molar-refractivity contribution in [1.82, 2.24) is 15.0 Å². The highest BCUT2D eigenvalue weighted by Gasteiger charge is 2.21. The Morgan fingerprint density at radius 1 is 1.00 bits per heavy atom. The van der Waals surface area contributed by atoms with Gasteiger partial charge in [0.15, 0.2) is 11.5 Å². The first-order valence-electron chi connectivity index (χ1n) is 9.45. The fourth-order valence-electron chi connectivity index (χ4n) is 3.52. The molecule has 0 aliphatic carbocycles. The molecule has 3 aromatic rings. The van der Waals surface area contributed by atoms with Crippen molar-refractivity contribution in [3.8, 4) is 17.2 Å². The maximum Gasteiger partial charge on any atom is 0.234 e. The molecule has 4 rings (SSSR count). The molecule has 0 spiro atoms. The van der Waals surface area contributed by atoms with E-state index in [2.05, 4.69) is 31.2 Å². The number of benzene rings is 2. The Bertz CT molecular complexity index is 1040. The molecule has 30 heavy (non-hydrogen) atoms. The lowest BCUT2D eigenvalue weighted by Gasteiger charge is -2.29. The fraction of sp³-hybridized carbons (Fsp3) is 0.286. The third-order valence-corrected chi connectivity index (χ3v) is 5.12. The lowest BCUT2D eigenvalue weighted by molar-refractivity contribution is 0.324. The Kier molecular flexibility index (Phi) is 5.76. The number of aromatic nitrogens is 3. The summed E-state index contributed by atoms with van der Waals surface area (Å²) in [6.45, 7) is 0.807. The summed E-state index contributed by atoms with van der Waals surface area (Å²) in [6.07, 6.45) is 3.50. The van der Waals surface area contributed by atoms with Gasteiger partial charge in [0, 0.05) is 35.1 Å². The molecule has 0 radical (unpaired) electrons. The number of nitrogens with one attached hydrogen (secondary N) is 1. The molecule has 0 saturated heterocycles. The second-order valence-electron chi connectivity index (χ2n) is 6.68. The van der Waals surface area contributed by atoms with Crippen LogP contribution >= 0.6 is 11.6 Å². The quantitative estimate of drug-likeness (QED) is 0.620. The van der Waals surface area contributed by atoms with Crippen molar-refractivity contribution in [3.05, 3.63) is 47.2 Å². The largest absolute Gasteiger partial charge is 0.493 e. The van der Waals surface area contributed by atoms with Crippen LogP contribution in [-0.2, 0) is 6.42 Å². The molecule has 1 N–H and O–H groups in total. The van der Waals surface area contributed by atoms with Crippen LogP contribution in [0.3, 0.4) is 0 Å². The molecule has 9 heteroatoms. The van der Waals surface area contributed by atoms with Crippen molar-refractivity contribution in [2.24, 2.45) is 0 Å². The van der Waals surface area contributed by atoms with Crippen LogP contribution in [0, 0.1) is 0 Å². The minimum Gasteiger partial charge on any atom is -0.493 e. The fourth-order valence-corrected chi connectivity index (χ4v) is 3.68. The number of fused-ring (bicyclic) bond motifs is 1. The Morgan fingerprint density at radius 2 is 1.77 bits per heavy atom. The molecule has 0 fully saturated rings. The van der Waals surface area contributed by atoms with Crippen LogP contribution in [0.4, 0.5) is 23.3 Å². The van der Waals surface area contributed by atoms with Crippen LogP contribution in [0.5, 0.6) is 17.2 Å². The first-order chi connectivity index (χ1) is 14.6. The number of hydrogen-bond acceptors (Lipinski definition) is 8. The molecule has 0 atom stereocenters. The SMILES string of the molecule is COc1cc(Nc2ncnc(N3CCCc4ccc(Cl)cc43)n2)cc(OC)c1OC. The number of methoxy groups -OCH3 is 3. The third-order valence-electron chi connectivity index (χ3n) is 4.89. The lowest BCUT2D eigenvalue weighted by atomic mass is 10.0. The number of aryl methyl sites for hydroxylation is 1. The van der Waals surface area contributed by atoms with Gasteiger partial charge in [-0.3, -0.25) is 0 Å². The molecule has 0 amide bonds. The van der Waals surface area contributed by atoms with Gasteiger partial charge in [-0.05, 0) is 30.5 Å². The molecular weight excluding hydrogens is 406 g/mol. The average molecular weight is 428 g/mol. The molecule has 1 aliphatic rings. The highest BCUT2D eigenvalue weighted by molar-refractivity contribution is 6.30. The van der Waals surface area contributed by atoms with Gasteiger partial charge >= 0.3 is 0 Å². The van der Waals surface area contributed by atoms with E-state index >= 15 is 0 Å². The standard InChI is InChI=1S/C21H22ClN5O3/c1-28-17-10-15(11-18(29-2)19(17)30-3)25-20-23-12-24-21(26-20)27-8-4-5-13-6-7-14(22)9-16(13)27/h6-7,9-12H,4-5,8H2,1-3H3,(H,23,24,25,26). The van der Waals surface area contributed by atoms with Gasteiger partial charge in [0.25, 0.3) is 0 Å². The van der Waals surface area contributed by atoms with E-state index in [1.54, 1.807) is 33.5 Å². The van der Waals surface area contributed by atoms with Gasteiger partial charge in [0.2, 0.25) is 17.6 Å². The predicted octanol–water partition coefficient (Wildman–Crippen LogP) is 4.38. The molecule has 2 aromatic carbocycles. The van der Waals surface area contributed by atoms with Crippen LogP contribution in [0.15, 0.2) is 36.7 Å². The molecule has 0 bridgehead atoms. The number of halogens is 1. The molecule has 1 aromatic heterocycles. The Balaban J connectivity index is 1.65. The van der Waals surface area contributed by atoms with E-state index in [1.807, 2.05) is 12.1 Å². The normalized spacial score (nSPS) is 12.9. The van der Waals surface area contributed by atoms with Crippen molar-refractivity contribution >= 4 is 34.9 Å². The monoisotopic (exact) mass is 427 g/mol. The highest BCUT2D eigenvalue weighted by Crippen LogP contribution is 2.40. The maximum atomic E-state index is 6.22. The number of nitrogens with zero attached hydrogens (tertiary/aromatic N) is 4. The van der Waals surface area contributed by atoms with Crippen LogP contribution in [-0.4, -0.2) is 42.8 Å². The summed E-state index contributed by atoms with van der Waals surface area (Å²) in [6, 6.07) is 9.50. The lowest BCUT2D eigenvalue weighted by Crippen LogP contribution is -2.26. The Labute approximate surface area is 179 Å². The molecule has 1 aliphatic heterocycles. The van der Waals surface area contributed by atoms with Crippen LogP contribution in [0.2, 0.25) is 5.02 Å². The summed E-state index contributed by atoms with van der Waals surface area (Å²) in [7, 11) is 4.70. The van der Waals surface area contributed by atoms with Gasteiger partial charge in [-0.2, -0.15) is 4.98 Å². The molecule has 0 unspecified atom stereocenters. The Hall–Kier alpha value is -3.26. The summed E-state index contributed by atoms with van der Waals surface area (Å²) in [4.78, 5) is 15.3. The summed E-state index contributed by atoms with van der Waals surface area (Å²) in [5.74, 6) is 2.55. The summed E-state index contributed by atoms with van der Waals surface area (Å²) >= 11 is 6.22. The first kappa shape index (κ1) is 20.0. The van der Waals surface area contributed by atoms with Gasteiger partial charge in [-0.15, -0.1) is 0 Å². The van der Waals surface area contributed by atoms with Crippen LogP contribution < -0.4 is 24.4 Å². The first-order valence-corrected chi connectivity index (χ1v) is 9.82. The van der Waals surface area contributed by atoms with E-state index < -0.39 is 0 Å². The van der Waals surface area contributed by atoms with Crippen LogP contribution in [0.25, 0.3) is 0 Å². The Morgan fingerprint density at radius 3 is 2.47 bits per heavy atom. The van der Waals surface area contributed by atoms with Crippen molar-refractivity contribution in [3.63, 3.8) is 0 Å². The number of ether oxygens (including phenoxy) is 3. The molecular formula is C21H22ClN5O3. The molecule has 156 valence electrons. The van der Waals surface area contributed by atoms with Crippen molar-refractivity contribution in [2.75, 3.05) is 38.1 Å². The molecule has 8 nitrogen and oxygen atoms in total. The van der Waals surface area contributed by atoms with E-state index in [1.165, 1.54) is 11.9 Å². The van der Waals surface area contributed by atoms with E-state index in [-0.39, 0.29) is 0 Å². The topological polar surface area (TPSA) is 81.6 Å². The second kappa shape index (κ2) is 8.62.